The normalized spacial score (nSPS) is 12.7. The van der Waals surface area contributed by atoms with Crippen molar-refractivity contribution < 1.29 is 0 Å². The molecule has 0 aliphatic carbocycles. The number of thiophene rings is 1. The van der Waals surface area contributed by atoms with E-state index in [0.29, 0.717) is 6.04 Å². The molecule has 0 fully saturated rings. The molecule has 1 N–H and O–H groups in total. The van der Waals surface area contributed by atoms with Crippen LogP contribution in [0.15, 0.2) is 43.1 Å². The van der Waals surface area contributed by atoms with Gasteiger partial charge in [-0.05, 0) is 46.7 Å². The maximum atomic E-state index is 3.63. The summed E-state index contributed by atoms with van der Waals surface area (Å²) in [4.78, 5) is 1.37. The van der Waals surface area contributed by atoms with Gasteiger partial charge in [0.1, 0.15) is 0 Å². The predicted molar refractivity (Wildman–Crippen MR) is 89.4 cm³/mol. The van der Waals surface area contributed by atoms with Gasteiger partial charge in [0.2, 0.25) is 0 Å². The van der Waals surface area contributed by atoms with Gasteiger partial charge in [0, 0.05) is 36.1 Å². The van der Waals surface area contributed by atoms with E-state index in [2.05, 4.69) is 82.8 Å². The summed E-state index contributed by atoms with van der Waals surface area (Å²) in [5.41, 5.74) is 1.28. The van der Waals surface area contributed by atoms with Crippen LogP contribution >= 0.6 is 59.1 Å². The molecule has 2 rings (SSSR count). The van der Waals surface area contributed by atoms with Crippen LogP contribution in [0.25, 0.3) is 0 Å². The van der Waals surface area contributed by atoms with Crippen molar-refractivity contribution in [2.75, 3.05) is 7.05 Å². The van der Waals surface area contributed by atoms with Crippen LogP contribution in [0, 0.1) is 0 Å². The molecular weight excluding hydrogens is 442 g/mol. The second-order valence-corrected chi connectivity index (χ2v) is 7.62. The van der Waals surface area contributed by atoms with Gasteiger partial charge in [0.05, 0.1) is 0 Å². The summed E-state index contributed by atoms with van der Waals surface area (Å²) in [6.45, 7) is 0. The third-order valence-corrected chi connectivity index (χ3v) is 5.61. The molecule has 0 radical (unpaired) electrons. The van der Waals surface area contributed by atoms with Crippen LogP contribution in [0.3, 0.4) is 0 Å². The largest absolute Gasteiger partial charge is 0.313 e. The summed E-state index contributed by atoms with van der Waals surface area (Å²) in [6, 6.07) is 8.82. The average Bonchev–Trinajstić information content (AvgIpc) is 2.72. The Labute approximate surface area is 136 Å². The van der Waals surface area contributed by atoms with Gasteiger partial charge in [-0.25, -0.2) is 0 Å². The van der Waals surface area contributed by atoms with E-state index in [0.717, 1.165) is 19.8 Å². The predicted octanol–water partition coefficient (Wildman–Crippen LogP) is 5.54. The summed E-state index contributed by atoms with van der Waals surface area (Å²) in [7, 11) is 2.00. The molecule has 0 saturated heterocycles. The second-order valence-electron chi connectivity index (χ2n) is 3.94. The third-order valence-electron chi connectivity index (χ3n) is 2.71. The Morgan fingerprint density at radius 2 is 1.94 bits per heavy atom. The Kier molecular flexibility index (Phi) is 5.45. The summed E-state index contributed by atoms with van der Waals surface area (Å²) in [5, 5.41) is 5.51. The van der Waals surface area contributed by atoms with Gasteiger partial charge in [-0.2, -0.15) is 0 Å². The number of hydrogen-bond acceptors (Lipinski definition) is 2. The van der Waals surface area contributed by atoms with Crippen LogP contribution in [0.2, 0.25) is 0 Å². The zero-order valence-corrected chi connectivity index (χ0v) is 15.3. The number of halogens is 3. The van der Waals surface area contributed by atoms with Crippen LogP contribution < -0.4 is 5.32 Å². The van der Waals surface area contributed by atoms with Crippen LogP contribution in [0.5, 0.6) is 0 Å². The summed E-state index contributed by atoms with van der Waals surface area (Å²) in [6.07, 6.45) is 0.993. The Morgan fingerprint density at radius 3 is 2.50 bits per heavy atom. The average molecular weight is 454 g/mol. The van der Waals surface area contributed by atoms with Gasteiger partial charge in [-0.15, -0.1) is 11.3 Å². The molecule has 0 spiro atoms. The van der Waals surface area contributed by atoms with Crippen molar-refractivity contribution in [3.05, 3.63) is 53.5 Å². The van der Waals surface area contributed by atoms with Crippen molar-refractivity contribution >= 4 is 59.1 Å². The topological polar surface area (TPSA) is 12.0 Å². The Balaban J connectivity index is 2.22. The fourth-order valence-corrected chi connectivity index (χ4v) is 4.64. The molecule has 96 valence electrons. The highest BCUT2D eigenvalue weighted by Gasteiger charge is 2.14. The second kappa shape index (κ2) is 6.66. The van der Waals surface area contributed by atoms with Crippen molar-refractivity contribution in [1.29, 1.82) is 0 Å². The molecule has 1 nitrogen and oxygen atoms in total. The van der Waals surface area contributed by atoms with Gasteiger partial charge in [0.25, 0.3) is 0 Å². The molecule has 1 unspecified atom stereocenters. The monoisotopic (exact) mass is 451 g/mol. The Morgan fingerprint density at radius 1 is 1.17 bits per heavy atom. The molecule has 0 amide bonds. The van der Waals surface area contributed by atoms with Crippen LogP contribution in [-0.4, -0.2) is 7.05 Å². The lowest BCUT2D eigenvalue weighted by Gasteiger charge is -2.17. The first-order chi connectivity index (χ1) is 8.60. The van der Waals surface area contributed by atoms with Gasteiger partial charge in [-0.3, -0.25) is 0 Å². The van der Waals surface area contributed by atoms with E-state index in [4.69, 9.17) is 0 Å². The first-order valence-corrected chi connectivity index (χ1v) is 8.71. The van der Waals surface area contributed by atoms with E-state index in [1.54, 1.807) is 11.3 Å². The molecule has 0 aliphatic heterocycles. The fraction of sp³-hybridized carbons (Fsp3) is 0.231. The van der Waals surface area contributed by atoms with Crippen molar-refractivity contribution in [2.45, 2.75) is 12.5 Å². The third kappa shape index (κ3) is 3.67. The van der Waals surface area contributed by atoms with E-state index >= 15 is 0 Å². The van der Waals surface area contributed by atoms with Crippen LogP contribution in [-0.2, 0) is 6.42 Å². The first-order valence-electron chi connectivity index (χ1n) is 5.45. The molecule has 5 heteroatoms. The first kappa shape index (κ1) is 14.7. The van der Waals surface area contributed by atoms with Gasteiger partial charge in [0.15, 0.2) is 0 Å². The molecule has 0 bridgehead atoms. The summed E-state index contributed by atoms with van der Waals surface area (Å²) >= 11 is 12.4. The van der Waals surface area contributed by atoms with Gasteiger partial charge < -0.3 is 5.32 Å². The minimum atomic E-state index is 0.318. The highest BCUT2D eigenvalue weighted by atomic mass is 79.9. The Hall–Kier alpha value is 0.320. The molecule has 1 aromatic carbocycles. The van der Waals surface area contributed by atoms with E-state index in [-0.39, 0.29) is 0 Å². The minimum Gasteiger partial charge on any atom is -0.313 e. The number of hydrogen-bond donors (Lipinski definition) is 1. The SMILES string of the molecule is CNC(Cc1cc(Br)cs1)c1ccc(Br)cc1Br. The van der Waals surface area contributed by atoms with Crippen molar-refractivity contribution in [1.82, 2.24) is 5.32 Å². The van der Waals surface area contributed by atoms with E-state index < -0.39 is 0 Å². The molecule has 0 aliphatic rings. The lowest BCUT2D eigenvalue weighted by atomic mass is 10.0. The maximum Gasteiger partial charge on any atom is 0.0377 e. The number of likely N-dealkylation sites (N-methyl/N-ethyl adjacent to an activating group) is 1. The lowest BCUT2D eigenvalue weighted by molar-refractivity contribution is 0.594. The molecule has 0 saturated carbocycles. The highest BCUT2D eigenvalue weighted by Crippen LogP contribution is 2.30. The van der Waals surface area contributed by atoms with Crippen molar-refractivity contribution in [3.8, 4) is 0 Å². The summed E-state index contributed by atoms with van der Waals surface area (Å²) in [5.74, 6) is 0. The number of benzene rings is 1. The van der Waals surface area contributed by atoms with E-state index in [1.807, 2.05) is 7.05 Å². The molecule has 2 aromatic rings. The van der Waals surface area contributed by atoms with E-state index in [1.165, 1.54) is 10.4 Å². The van der Waals surface area contributed by atoms with Crippen LogP contribution in [0.4, 0.5) is 0 Å². The Bertz CT molecular complexity index is 539. The number of nitrogens with one attached hydrogen (secondary N) is 1. The maximum absolute atomic E-state index is 3.63. The zero-order chi connectivity index (χ0) is 13.1. The molecular formula is C13H12Br3NS. The molecule has 18 heavy (non-hydrogen) atoms. The fourth-order valence-electron chi connectivity index (χ4n) is 1.81. The highest BCUT2D eigenvalue weighted by molar-refractivity contribution is 9.11. The molecule has 1 heterocycles. The van der Waals surface area contributed by atoms with Crippen molar-refractivity contribution in [3.63, 3.8) is 0 Å². The number of rotatable bonds is 4. The standard InChI is InChI=1S/C13H12Br3NS/c1-17-13(6-10-4-9(15)7-18-10)11-3-2-8(14)5-12(11)16/h2-5,7,13,17H,6H2,1H3. The molecule has 1 atom stereocenters. The van der Waals surface area contributed by atoms with E-state index in [9.17, 15) is 0 Å². The smallest absolute Gasteiger partial charge is 0.0377 e. The van der Waals surface area contributed by atoms with Gasteiger partial charge in [-0.1, -0.05) is 37.9 Å². The van der Waals surface area contributed by atoms with Gasteiger partial charge >= 0.3 is 0 Å². The lowest BCUT2D eigenvalue weighted by Crippen LogP contribution is -2.18. The minimum absolute atomic E-state index is 0.318. The zero-order valence-electron chi connectivity index (χ0n) is 9.71. The quantitative estimate of drug-likeness (QED) is 0.641. The summed E-state index contributed by atoms with van der Waals surface area (Å²) < 4.78 is 3.38. The molecule has 1 aromatic heterocycles. The van der Waals surface area contributed by atoms with Crippen molar-refractivity contribution in [2.24, 2.45) is 0 Å². The van der Waals surface area contributed by atoms with Crippen LogP contribution in [0.1, 0.15) is 16.5 Å².